The first-order chi connectivity index (χ1) is 14.0. The Balaban J connectivity index is 1.83. The predicted octanol–water partition coefficient (Wildman–Crippen LogP) is 1.66. The molecule has 0 bridgehead atoms. The summed E-state index contributed by atoms with van der Waals surface area (Å²) in [7, 11) is -0.899. The Kier molecular flexibility index (Phi) is 5.67. The number of nitrogens with zero attached hydrogens (tertiary/aromatic N) is 2. The number of anilines is 1. The van der Waals surface area contributed by atoms with E-state index in [2.05, 4.69) is 5.32 Å². The van der Waals surface area contributed by atoms with Gasteiger partial charge in [-0.1, -0.05) is 6.07 Å². The van der Waals surface area contributed by atoms with Crippen LogP contribution in [0.1, 0.15) is 17.5 Å². The number of hydrogen-bond donors (Lipinski definition) is 1. The van der Waals surface area contributed by atoms with E-state index in [0.717, 1.165) is 15.7 Å². The molecule has 0 saturated heterocycles. The zero-order valence-corrected chi connectivity index (χ0v) is 18.0. The van der Waals surface area contributed by atoms with Crippen molar-refractivity contribution in [2.75, 3.05) is 11.1 Å². The van der Waals surface area contributed by atoms with Crippen molar-refractivity contribution in [1.29, 1.82) is 0 Å². The summed E-state index contributed by atoms with van der Waals surface area (Å²) in [4.78, 5) is 36.2. The quantitative estimate of drug-likeness (QED) is 0.621. The molecule has 0 aliphatic heterocycles. The number of nitrogens with one attached hydrogen (secondary N) is 1. The Hall–Kier alpha value is -3.20. The maximum atomic E-state index is 12.8. The van der Waals surface area contributed by atoms with Gasteiger partial charge >= 0.3 is 11.1 Å². The zero-order valence-electron chi connectivity index (χ0n) is 17.2. The van der Waals surface area contributed by atoms with E-state index in [1.807, 2.05) is 32.0 Å². The minimum atomic E-state index is -3.77. The van der Waals surface area contributed by atoms with Crippen LogP contribution in [0.25, 0.3) is 11.0 Å². The number of hydrogen-bond acceptors (Lipinski definition) is 5. The van der Waals surface area contributed by atoms with Crippen LogP contribution in [0.15, 0.2) is 50.9 Å². The molecule has 0 fully saturated rings. The predicted molar refractivity (Wildman–Crippen MR) is 116 cm³/mol. The summed E-state index contributed by atoms with van der Waals surface area (Å²) in [6, 6.07) is 9.82. The highest BCUT2D eigenvalue weighted by atomic mass is 32.2. The molecule has 3 aromatic rings. The molecule has 0 saturated carbocycles. The van der Waals surface area contributed by atoms with Crippen molar-refractivity contribution < 1.29 is 13.2 Å². The Morgan fingerprint density at radius 3 is 2.07 bits per heavy atom. The van der Waals surface area contributed by atoms with Gasteiger partial charge in [0.15, 0.2) is 9.84 Å². The van der Waals surface area contributed by atoms with Crippen LogP contribution in [0.2, 0.25) is 0 Å². The lowest BCUT2D eigenvalue weighted by atomic mass is 10.1. The second-order valence-corrected chi connectivity index (χ2v) is 9.48. The zero-order chi connectivity index (χ0) is 22.2. The number of rotatable bonds is 5. The topological polar surface area (TPSA) is 107 Å². The third kappa shape index (κ3) is 4.20. The third-order valence-corrected chi connectivity index (χ3v) is 6.64. The van der Waals surface area contributed by atoms with Gasteiger partial charge in [0.25, 0.3) is 0 Å². The van der Waals surface area contributed by atoms with Gasteiger partial charge in [0.2, 0.25) is 5.91 Å². The maximum absolute atomic E-state index is 12.8. The van der Waals surface area contributed by atoms with Gasteiger partial charge in [-0.05, 0) is 55.3 Å². The molecule has 0 aliphatic rings. The number of benzene rings is 2. The van der Waals surface area contributed by atoms with E-state index in [0.29, 0.717) is 16.7 Å². The number of carbonyl (C=O) groups is 1. The van der Waals surface area contributed by atoms with Crippen molar-refractivity contribution in [3.05, 3.63) is 68.2 Å². The fourth-order valence-corrected chi connectivity index (χ4v) is 4.63. The van der Waals surface area contributed by atoms with E-state index in [9.17, 15) is 22.8 Å². The molecule has 8 nitrogen and oxygen atoms in total. The minimum Gasteiger partial charge on any atom is -0.326 e. The SMILES string of the molecule is Cc1cc(C)cc(NC(=O)CCS(=O)(=O)c2ccc3c(c2)n(C)c(=O)c(=O)n3C)c1. The molecule has 1 heterocycles. The average Bonchev–Trinajstić information content (AvgIpc) is 2.68. The molecule has 158 valence electrons. The molecule has 0 unspecified atom stereocenters. The van der Waals surface area contributed by atoms with Crippen LogP contribution in [0.3, 0.4) is 0 Å². The smallest absolute Gasteiger partial charge is 0.316 e. The second kappa shape index (κ2) is 7.91. The van der Waals surface area contributed by atoms with Crippen LogP contribution in [-0.4, -0.2) is 29.2 Å². The van der Waals surface area contributed by atoms with E-state index in [1.54, 1.807) is 0 Å². The van der Waals surface area contributed by atoms with Crippen LogP contribution in [0, 0.1) is 13.8 Å². The van der Waals surface area contributed by atoms with Gasteiger partial charge in [-0.3, -0.25) is 14.4 Å². The summed E-state index contributed by atoms with van der Waals surface area (Å²) in [6.45, 7) is 3.83. The number of amides is 1. The van der Waals surface area contributed by atoms with E-state index < -0.39 is 26.9 Å². The molecule has 9 heteroatoms. The number of fused-ring (bicyclic) bond motifs is 1. The molecule has 1 amide bonds. The van der Waals surface area contributed by atoms with E-state index in [-0.39, 0.29) is 17.1 Å². The maximum Gasteiger partial charge on any atom is 0.316 e. The van der Waals surface area contributed by atoms with Crippen LogP contribution in [0.4, 0.5) is 5.69 Å². The van der Waals surface area contributed by atoms with Crippen molar-refractivity contribution in [3.8, 4) is 0 Å². The molecule has 0 aliphatic carbocycles. The molecule has 0 spiro atoms. The van der Waals surface area contributed by atoms with Gasteiger partial charge in [0, 0.05) is 26.2 Å². The molecule has 1 N–H and O–H groups in total. The molecule has 3 rings (SSSR count). The van der Waals surface area contributed by atoms with Gasteiger partial charge in [-0.25, -0.2) is 8.42 Å². The Morgan fingerprint density at radius 2 is 1.47 bits per heavy atom. The van der Waals surface area contributed by atoms with Gasteiger partial charge in [-0.2, -0.15) is 0 Å². The summed E-state index contributed by atoms with van der Waals surface area (Å²) < 4.78 is 27.8. The van der Waals surface area contributed by atoms with Crippen LogP contribution < -0.4 is 16.4 Å². The molecular weight excluding hydrogens is 406 g/mol. The highest BCUT2D eigenvalue weighted by molar-refractivity contribution is 7.91. The first kappa shape index (κ1) is 21.5. The fraction of sp³-hybridized carbons (Fsp3) is 0.286. The monoisotopic (exact) mass is 429 g/mol. The third-order valence-electron chi connectivity index (χ3n) is 4.92. The van der Waals surface area contributed by atoms with Crippen LogP contribution >= 0.6 is 0 Å². The molecule has 2 aromatic carbocycles. The lowest BCUT2D eigenvalue weighted by molar-refractivity contribution is -0.115. The van der Waals surface area contributed by atoms with E-state index in [1.165, 1.54) is 36.9 Å². The number of aryl methyl sites for hydroxylation is 4. The van der Waals surface area contributed by atoms with Crippen molar-refractivity contribution in [1.82, 2.24) is 9.13 Å². The van der Waals surface area contributed by atoms with Gasteiger partial charge in [-0.15, -0.1) is 0 Å². The Labute approximate surface area is 173 Å². The first-order valence-corrected chi connectivity index (χ1v) is 11.0. The average molecular weight is 429 g/mol. The molecule has 30 heavy (non-hydrogen) atoms. The van der Waals surface area contributed by atoms with Crippen molar-refractivity contribution in [2.45, 2.75) is 25.2 Å². The summed E-state index contributed by atoms with van der Waals surface area (Å²) in [6.07, 6.45) is -0.209. The molecule has 0 atom stereocenters. The lowest BCUT2D eigenvalue weighted by Crippen LogP contribution is -2.39. The first-order valence-electron chi connectivity index (χ1n) is 9.30. The highest BCUT2D eigenvalue weighted by Crippen LogP contribution is 2.19. The molecule has 1 aromatic heterocycles. The number of aromatic nitrogens is 2. The largest absolute Gasteiger partial charge is 0.326 e. The molecular formula is C21H23N3O5S. The summed E-state index contributed by atoms with van der Waals surface area (Å²) in [5.74, 6) is -0.784. The number of sulfone groups is 1. The summed E-state index contributed by atoms with van der Waals surface area (Å²) >= 11 is 0. The minimum absolute atomic E-state index is 0.0113. The van der Waals surface area contributed by atoms with Crippen molar-refractivity contribution >= 4 is 32.5 Å². The van der Waals surface area contributed by atoms with Gasteiger partial charge < -0.3 is 14.5 Å². The Morgan fingerprint density at radius 1 is 0.900 bits per heavy atom. The van der Waals surface area contributed by atoms with Crippen LogP contribution in [-0.2, 0) is 28.7 Å². The van der Waals surface area contributed by atoms with Crippen molar-refractivity contribution in [3.63, 3.8) is 0 Å². The van der Waals surface area contributed by atoms with Gasteiger partial charge in [0.1, 0.15) is 0 Å². The lowest BCUT2D eigenvalue weighted by Gasteiger charge is -2.11. The molecule has 0 radical (unpaired) electrons. The number of carbonyl (C=O) groups excluding carboxylic acids is 1. The summed E-state index contributed by atoms with van der Waals surface area (Å²) in [5, 5.41) is 2.72. The van der Waals surface area contributed by atoms with E-state index >= 15 is 0 Å². The highest BCUT2D eigenvalue weighted by Gasteiger charge is 2.19. The standard InChI is InChI=1S/C21H23N3O5S/c1-13-9-14(2)11-15(10-13)22-19(25)7-8-30(28,29)16-5-6-17-18(12-16)24(4)21(27)20(26)23(17)3/h5-6,9-12H,7-8H2,1-4H3,(H,22,25). The van der Waals surface area contributed by atoms with E-state index in [4.69, 9.17) is 0 Å². The fourth-order valence-electron chi connectivity index (χ4n) is 3.37. The Bertz CT molecular complexity index is 1360. The van der Waals surface area contributed by atoms with Crippen LogP contribution in [0.5, 0.6) is 0 Å². The van der Waals surface area contributed by atoms with Crippen molar-refractivity contribution in [2.24, 2.45) is 14.1 Å². The normalized spacial score (nSPS) is 11.6. The summed E-state index contributed by atoms with van der Waals surface area (Å²) in [5.41, 5.74) is 1.94. The van der Waals surface area contributed by atoms with Gasteiger partial charge in [0.05, 0.1) is 21.7 Å². The second-order valence-electron chi connectivity index (χ2n) is 7.37.